The van der Waals surface area contributed by atoms with Crippen LogP contribution in [0.4, 0.5) is 0 Å². The zero-order valence-corrected chi connectivity index (χ0v) is 10.6. The zero-order chi connectivity index (χ0) is 12.3. The summed E-state index contributed by atoms with van der Waals surface area (Å²) in [5.41, 5.74) is 2.10. The van der Waals surface area contributed by atoms with Crippen molar-refractivity contribution in [1.82, 2.24) is 9.55 Å². The Morgan fingerprint density at radius 1 is 1.35 bits per heavy atom. The molecule has 0 bridgehead atoms. The molecule has 1 atom stereocenters. The summed E-state index contributed by atoms with van der Waals surface area (Å²) in [7, 11) is 0. The number of benzene rings is 1. The fourth-order valence-corrected chi connectivity index (χ4v) is 2.42. The van der Waals surface area contributed by atoms with Crippen molar-refractivity contribution in [2.45, 2.75) is 26.0 Å². The Morgan fingerprint density at radius 2 is 2.06 bits per heavy atom. The van der Waals surface area contributed by atoms with E-state index in [2.05, 4.69) is 24.0 Å². The van der Waals surface area contributed by atoms with Gasteiger partial charge in [0.1, 0.15) is 0 Å². The largest absolute Gasteiger partial charge is 0.390 e. The van der Waals surface area contributed by atoms with E-state index in [0.717, 1.165) is 12.1 Å². The average molecular weight is 248 g/mol. The number of imidazole rings is 1. The van der Waals surface area contributed by atoms with Crippen LogP contribution in [0.2, 0.25) is 0 Å². The fourth-order valence-electron chi connectivity index (χ4n) is 2.07. The molecule has 1 aromatic heterocycles. The first kappa shape index (κ1) is 12.1. The van der Waals surface area contributed by atoms with E-state index in [0.29, 0.717) is 4.77 Å². The maximum atomic E-state index is 9.26. The second-order valence-corrected chi connectivity index (χ2v) is 4.54. The van der Waals surface area contributed by atoms with Crippen LogP contribution < -0.4 is 0 Å². The minimum atomic E-state index is 0.00622. The van der Waals surface area contributed by atoms with Crippen LogP contribution in [0.15, 0.2) is 36.5 Å². The molecule has 2 rings (SSSR count). The van der Waals surface area contributed by atoms with Crippen LogP contribution in [-0.2, 0) is 13.0 Å². The first-order chi connectivity index (χ1) is 8.22. The van der Waals surface area contributed by atoms with E-state index in [9.17, 15) is 5.11 Å². The number of aromatic amines is 1. The number of hydrogen-bond donors (Lipinski definition) is 2. The molecule has 0 aliphatic carbocycles. The second kappa shape index (κ2) is 5.29. The summed E-state index contributed by atoms with van der Waals surface area (Å²) >= 11 is 5.23. The molecule has 0 aliphatic rings. The number of rotatable bonds is 4. The molecule has 0 radical (unpaired) electrons. The number of aliphatic hydroxyl groups excluding tert-OH is 1. The van der Waals surface area contributed by atoms with E-state index < -0.39 is 0 Å². The highest BCUT2D eigenvalue weighted by Gasteiger charge is 2.11. The van der Waals surface area contributed by atoms with E-state index in [1.807, 2.05) is 22.8 Å². The van der Waals surface area contributed by atoms with Gasteiger partial charge in [-0.05, 0) is 31.1 Å². The van der Waals surface area contributed by atoms with Crippen LogP contribution in [0, 0.1) is 4.77 Å². The molecule has 0 amide bonds. The molecule has 2 aromatic rings. The zero-order valence-electron chi connectivity index (χ0n) is 9.76. The van der Waals surface area contributed by atoms with Gasteiger partial charge in [0.25, 0.3) is 0 Å². The SMILES string of the molecule is CC(Cc1ccccc1)n1c(CO)c[nH]c1=S. The maximum absolute atomic E-state index is 9.26. The molecule has 0 saturated carbocycles. The summed E-state index contributed by atoms with van der Waals surface area (Å²) in [5, 5.41) is 9.26. The van der Waals surface area contributed by atoms with Crippen LogP contribution in [0.25, 0.3) is 0 Å². The molecule has 4 heteroatoms. The van der Waals surface area contributed by atoms with Gasteiger partial charge in [0.2, 0.25) is 0 Å². The molecule has 90 valence electrons. The minimum absolute atomic E-state index is 0.00622. The van der Waals surface area contributed by atoms with Gasteiger partial charge in [-0.1, -0.05) is 30.3 Å². The van der Waals surface area contributed by atoms with Gasteiger partial charge in [-0.25, -0.2) is 0 Å². The third-order valence-corrected chi connectivity index (χ3v) is 3.18. The average Bonchev–Trinajstić information content (AvgIpc) is 2.71. The van der Waals surface area contributed by atoms with Crippen molar-refractivity contribution in [3.63, 3.8) is 0 Å². The molecule has 0 fully saturated rings. The lowest BCUT2D eigenvalue weighted by molar-refractivity contribution is 0.266. The van der Waals surface area contributed by atoms with Crippen LogP contribution in [0.5, 0.6) is 0 Å². The highest BCUT2D eigenvalue weighted by Crippen LogP contribution is 2.17. The molecule has 1 unspecified atom stereocenters. The fraction of sp³-hybridized carbons (Fsp3) is 0.308. The Hall–Kier alpha value is -1.39. The Balaban J connectivity index is 2.23. The van der Waals surface area contributed by atoms with Gasteiger partial charge >= 0.3 is 0 Å². The lowest BCUT2D eigenvalue weighted by atomic mass is 10.1. The standard InChI is InChI=1S/C13H16N2OS/c1-10(7-11-5-3-2-4-6-11)15-12(9-16)8-14-13(15)17/h2-6,8,10,16H,7,9H2,1H3,(H,14,17). The van der Waals surface area contributed by atoms with E-state index >= 15 is 0 Å². The van der Waals surface area contributed by atoms with Crippen molar-refractivity contribution >= 4 is 12.2 Å². The van der Waals surface area contributed by atoms with Crippen molar-refractivity contribution in [2.75, 3.05) is 0 Å². The highest BCUT2D eigenvalue weighted by atomic mass is 32.1. The molecule has 3 nitrogen and oxygen atoms in total. The minimum Gasteiger partial charge on any atom is -0.390 e. The van der Waals surface area contributed by atoms with Gasteiger partial charge in [-0.15, -0.1) is 0 Å². The van der Waals surface area contributed by atoms with Crippen molar-refractivity contribution in [2.24, 2.45) is 0 Å². The highest BCUT2D eigenvalue weighted by molar-refractivity contribution is 7.71. The molecule has 17 heavy (non-hydrogen) atoms. The molecular formula is C13H16N2OS. The predicted molar refractivity (Wildman–Crippen MR) is 70.4 cm³/mol. The van der Waals surface area contributed by atoms with E-state index in [4.69, 9.17) is 12.2 Å². The van der Waals surface area contributed by atoms with Gasteiger partial charge < -0.3 is 14.7 Å². The third-order valence-electron chi connectivity index (χ3n) is 2.87. The first-order valence-electron chi connectivity index (χ1n) is 5.66. The monoisotopic (exact) mass is 248 g/mol. The molecule has 0 spiro atoms. The van der Waals surface area contributed by atoms with Crippen LogP contribution in [0.3, 0.4) is 0 Å². The molecular weight excluding hydrogens is 232 g/mol. The van der Waals surface area contributed by atoms with Crippen molar-refractivity contribution in [3.8, 4) is 0 Å². The maximum Gasteiger partial charge on any atom is 0.177 e. The number of nitrogens with one attached hydrogen (secondary N) is 1. The van der Waals surface area contributed by atoms with Gasteiger partial charge in [0.15, 0.2) is 4.77 Å². The Bertz CT molecular complexity index is 530. The number of hydrogen-bond acceptors (Lipinski definition) is 2. The number of aromatic nitrogens is 2. The summed E-state index contributed by atoms with van der Waals surface area (Å²) in [6.45, 7) is 2.11. The molecule has 0 aliphatic heterocycles. The Kier molecular flexibility index (Phi) is 3.76. The summed E-state index contributed by atoms with van der Waals surface area (Å²) in [6.07, 6.45) is 2.67. The smallest absolute Gasteiger partial charge is 0.177 e. The van der Waals surface area contributed by atoms with Gasteiger partial charge in [0, 0.05) is 12.2 Å². The molecule has 1 heterocycles. The Morgan fingerprint density at radius 3 is 2.71 bits per heavy atom. The van der Waals surface area contributed by atoms with E-state index in [-0.39, 0.29) is 12.6 Å². The second-order valence-electron chi connectivity index (χ2n) is 4.15. The summed E-state index contributed by atoms with van der Waals surface area (Å²) < 4.78 is 2.64. The van der Waals surface area contributed by atoms with E-state index in [1.54, 1.807) is 6.20 Å². The number of aliphatic hydroxyl groups is 1. The predicted octanol–water partition coefficient (Wildman–Crippen LogP) is 2.84. The molecule has 1 aromatic carbocycles. The van der Waals surface area contributed by atoms with Crippen LogP contribution >= 0.6 is 12.2 Å². The third kappa shape index (κ3) is 2.65. The van der Waals surface area contributed by atoms with Crippen molar-refractivity contribution < 1.29 is 5.11 Å². The van der Waals surface area contributed by atoms with Crippen molar-refractivity contribution in [1.29, 1.82) is 0 Å². The summed E-state index contributed by atoms with van der Waals surface area (Å²) in [6, 6.07) is 10.5. The van der Waals surface area contributed by atoms with Crippen molar-refractivity contribution in [3.05, 3.63) is 52.6 Å². The summed E-state index contributed by atoms with van der Waals surface area (Å²) in [4.78, 5) is 2.97. The van der Waals surface area contributed by atoms with E-state index in [1.165, 1.54) is 5.56 Å². The topological polar surface area (TPSA) is 41.0 Å². The lowest BCUT2D eigenvalue weighted by Crippen LogP contribution is -2.11. The quantitative estimate of drug-likeness (QED) is 0.817. The number of H-pyrrole nitrogens is 1. The van der Waals surface area contributed by atoms with Crippen LogP contribution in [0.1, 0.15) is 24.2 Å². The first-order valence-corrected chi connectivity index (χ1v) is 6.06. The lowest BCUT2D eigenvalue weighted by Gasteiger charge is -2.16. The molecule has 2 N–H and O–H groups in total. The number of nitrogens with zero attached hydrogens (tertiary/aromatic N) is 1. The normalized spacial score (nSPS) is 12.6. The van der Waals surface area contributed by atoms with Gasteiger partial charge in [-0.3, -0.25) is 0 Å². The Labute approximate surface area is 106 Å². The van der Waals surface area contributed by atoms with Gasteiger partial charge in [0.05, 0.1) is 12.3 Å². The molecule has 0 saturated heterocycles. The van der Waals surface area contributed by atoms with Crippen LogP contribution in [-0.4, -0.2) is 14.7 Å². The van der Waals surface area contributed by atoms with Gasteiger partial charge in [-0.2, -0.15) is 0 Å². The summed E-state index contributed by atoms with van der Waals surface area (Å²) in [5.74, 6) is 0.